The van der Waals surface area contributed by atoms with Crippen molar-refractivity contribution in [3.8, 4) is 11.3 Å². The Morgan fingerprint density at radius 2 is 1.13 bits per heavy atom. The van der Waals surface area contributed by atoms with Gasteiger partial charge in [-0.1, -0.05) is 96.6 Å². The molecule has 6 aromatic rings. The Labute approximate surface area is 333 Å². The van der Waals surface area contributed by atoms with Gasteiger partial charge in [0.2, 0.25) is 18.7 Å². The second kappa shape index (κ2) is 18.2. The van der Waals surface area contributed by atoms with Crippen LogP contribution in [0.15, 0.2) is 169 Å². The predicted octanol–water partition coefficient (Wildman–Crippen LogP) is 7.16. The zero-order chi connectivity index (χ0) is 37.1. The normalized spacial score (nSPS) is 14.8. The molecule has 270 valence electrons. The Balaban J connectivity index is 0.000000139. The van der Waals surface area contributed by atoms with E-state index in [1.165, 1.54) is 0 Å². The zero-order valence-electron chi connectivity index (χ0n) is 29.5. The van der Waals surface area contributed by atoms with Crippen LogP contribution in [0, 0.1) is 37.4 Å². The number of benzene rings is 3. The van der Waals surface area contributed by atoms with Crippen molar-refractivity contribution in [1.29, 1.82) is 0 Å². The molecule has 0 aliphatic carbocycles. The molecule has 9 rings (SSSR count). The molecule has 0 saturated heterocycles. The van der Waals surface area contributed by atoms with Gasteiger partial charge in [0.15, 0.2) is 5.76 Å². The maximum absolute atomic E-state index is 5.83. The van der Waals surface area contributed by atoms with Crippen LogP contribution < -0.4 is 9.79 Å². The van der Waals surface area contributed by atoms with Crippen LogP contribution in [0.3, 0.4) is 0 Å². The standard InChI is InChI=1S/3C15H11N2O.Ir/c3*1-17-11-14(12-5-3-2-4-6-12)18-15(17)13-7-9-16-10-8-13;/h3*2-7,9-11H,1H2;/q3*-1;+3/b15-13+;;;. The predicted molar refractivity (Wildman–Crippen MR) is 205 cm³/mol. The van der Waals surface area contributed by atoms with Crippen LogP contribution in [0.5, 0.6) is 0 Å². The number of nitrogens with zero attached hydrogens (tertiary/aromatic N) is 6. The van der Waals surface area contributed by atoms with Gasteiger partial charge in [0, 0.05) is 30.1 Å². The van der Waals surface area contributed by atoms with Crippen LogP contribution in [-0.4, -0.2) is 32.6 Å². The summed E-state index contributed by atoms with van der Waals surface area (Å²) in [5, 5.41) is 3.94. The SMILES string of the molecule is C=[N+]1C=C(c2ccccc2)O[C-]1c1[c-]cncc1.C=[N+]1C=C(c2ccccc2)O[C-]1c1[c-]cncc1.C=[n+]1cc(-c2ccccc2)o/c1=C1/[C-]=C[N-]C=C1.[Ir+3]. The quantitative estimate of drug-likeness (QED) is 0.136. The van der Waals surface area contributed by atoms with Crippen molar-refractivity contribution in [2.45, 2.75) is 0 Å². The van der Waals surface area contributed by atoms with E-state index in [1.54, 1.807) is 50.6 Å². The van der Waals surface area contributed by atoms with Crippen molar-refractivity contribution >= 4 is 30.5 Å². The van der Waals surface area contributed by atoms with Gasteiger partial charge in [-0.25, -0.2) is 12.4 Å². The third kappa shape index (κ3) is 9.33. The molecule has 3 aromatic carbocycles. The fourth-order valence-electron chi connectivity index (χ4n) is 5.35. The summed E-state index contributed by atoms with van der Waals surface area (Å²) < 4.78 is 22.6. The van der Waals surface area contributed by atoms with Gasteiger partial charge in [0.1, 0.15) is 18.2 Å². The van der Waals surface area contributed by atoms with Gasteiger partial charge < -0.3 is 28.4 Å². The average molecular weight is 898 g/mol. The Kier molecular flexibility index (Phi) is 12.5. The number of hydrogen-bond acceptors (Lipinski definition) is 5. The number of ether oxygens (including phenoxy) is 2. The van der Waals surface area contributed by atoms with Gasteiger partial charge in [-0.2, -0.15) is 40.7 Å². The Hall–Kier alpha value is -7.00. The van der Waals surface area contributed by atoms with Crippen LogP contribution in [-0.2, 0) is 29.6 Å². The Morgan fingerprint density at radius 1 is 0.636 bits per heavy atom. The molecular formula is C45H33IrN6O3. The van der Waals surface area contributed by atoms with E-state index in [0.29, 0.717) is 18.0 Å². The van der Waals surface area contributed by atoms with Crippen molar-refractivity contribution in [2.75, 3.05) is 0 Å². The first kappa shape index (κ1) is 37.7. The molecule has 0 saturated carbocycles. The molecule has 0 amide bonds. The summed E-state index contributed by atoms with van der Waals surface area (Å²) >= 11 is 0. The number of pyridine rings is 2. The van der Waals surface area contributed by atoms with E-state index in [4.69, 9.17) is 13.9 Å². The van der Waals surface area contributed by atoms with Crippen LogP contribution in [0.2, 0.25) is 0 Å². The summed E-state index contributed by atoms with van der Waals surface area (Å²) in [4.78, 5) is 7.88. The zero-order valence-corrected chi connectivity index (χ0v) is 31.8. The largest absolute Gasteiger partial charge is 3.00 e. The molecule has 0 radical (unpaired) electrons. The van der Waals surface area contributed by atoms with Crippen molar-refractivity contribution in [2.24, 2.45) is 0 Å². The van der Waals surface area contributed by atoms with Crippen molar-refractivity contribution in [1.82, 2.24) is 9.97 Å². The van der Waals surface area contributed by atoms with E-state index >= 15 is 0 Å². The first-order valence-corrected chi connectivity index (χ1v) is 16.7. The van der Waals surface area contributed by atoms with Gasteiger partial charge >= 0.3 is 20.1 Å². The summed E-state index contributed by atoms with van der Waals surface area (Å²) in [5.74, 6) is 2.35. The van der Waals surface area contributed by atoms with Gasteiger partial charge in [-0.05, 0) is 24.8 Å². The minimum Gasteiger partial charge on any atom is -0.692 e. The van der Waals surface area contributed by atoms with E-state index in [2.05, 4.69) is 53.6 Å². The molecule has 0 bridgehead atoms. The molecule has 0 spiro atoms. The third-order valence-corrected chi connectivity index (χ3v) is 7.95. The van der Waals surface area contributed by atoms with Crippen LogP contribution >= 0.6 is 0 Å². The summed E-state index contributed by atoms with van der Waals surface area (Å²) in [5.41, 5.74) is 6.24. The van der Waals surface area contributed by atoms with Crippen LogP contribution in [0.4, 0.5) is 0 Å². The number of oxazole rings is 1. The maximum Gasteiger partial charge on any atom is 3.00 e. The second-order valence-corrected chi connectivity index (χ2v) is 11.7. The van der Waals surface area contributed by atoms with Crippen molar-refractivity contribution in [3.05, 3.63) is 235 Å². The number of rotatable bonds is 5. The first-order valence-electron chi connectivity index (χ1n) is 16.7. The maximum atomic E-state index is 5.83. The molecule has 0 atom stereocenters. The smallest absolute Gasteiger partial charge is 0.692 e. The molecule has 9 nitrogen and oxygen atoms in total. The van der Waals surface area contributed by atoms with Crippen LogP contribution in [0.1, 0.15) is 22.3 Å². The van der Waals surface area contributed by atoms with Crippen molar-refractivity contribution in [3.63, 3.8) is 0 Å². The third-order valence-electron chi connectivity index (χ3n) is 7.95. The van der Waals surface area contributed by atoms with E-state index in [0.717, 1.165) is 50.7 Å². The molecule has 55 heavy (non-hydrogen) atoms. The topological polar surface area (TPSA) is 83.4 Å². The van der Waals surface area contributed by atoms with Gasteiger partial charge in [0.05, 0.1) is 12.4 Å². The monoisotopic (exact) mass is 898 g/mol. The molecule has 0 unspecified atom stereocenters. The summed E-state index contributed by atoms with van der Waals surface area (Å²) in [6.07, 6.45) is 21.7. The molecule has 0 fully saturated rings. The van der Waals surface area contributed by atoms with Gasteiger partial charge in [-0.15, -0.1) is 11.1 Å². The minimum atomic E-state index is 0. The molecule has 3 aliphatic heterocycles. The fraction of sp³-hybridized carbons (Fsp3) is 0. The number of hydrogen-bond donors (Lipinski definition) is 0. The van der Waals surface area contributed by atoms with E-state index in [-0.39, 0.29) is 20.1 Å². The molecule has 0 N–H and O–H groups in total. The second-order valence-electron chi connectivity index (χ2n) is 11.7. The Bertz CT molecular complexity index is 2340. The molecule has 10 heteroatoms. The summed E-state index contributed by atoms with van der Waals surface area (Å²) in [6, 6.07) is 39.5. The molecule has 6 heterocycles. The summed E-state index contributed by atoms with van der Waals surface area (Å²) in [7, 11) is 0. The molecular weight excluding hydrogens is 865 g/mol. The first-order chi connectivity index (χ1) is 26.5. The average Bonchev–Trinajstić information content (AvgIpc) is 3.96. The molecule has 3 aliphatic rings. The molecule has 3 aromatic heterocycles. The Morgan fingerprint density at radius 3 is 1.56 bits per heavy atom. The minimum absolute atomic E-state index is 0. The van der Waals surface area contributed by atoms with Gasteiger partial charge in [0.25, 0.3) is 5.55 Å². The van der Waals surface area contributed by atoms with Crippen molar-refractivity contribution < 1.29 is 47.4 Å². The van der Waals surface area contributed by atoms with E-state index in [1.807, 2.05) is 128 Å². The summed E-state index contributed by atoms with van der Waals surface area (Å²) in [6.45, 7) is 11.8. The number of allylic oxidation sites excluding steroid dienone is 2. The van der Waals surface area contributed by atoms with E-state index in [9.17, 15) is 0 Å². The van der Waals surface area contributed by atoms with E-state index < -0.39 is 0 Å². The van der Waals surface area contributed by atoms with Gasteiger partial charge in [-0.3, -0.25) is 9.97 Å². The number of aromatic nitrogens is 3. The fourth-order valence-corrected chi connectivity index (χ4v) is 5.35. The van der Waals surface area contributed by atoms with Crippen LogP contribution in [0.25, 0.3) is 33.7 Å².